The van der Waals surface area contributed by atoms with E-state index >= 15 is 0 Å². The molecule has 0 rings (SSSR count). The Morgan fingerprint density at radius 1 is 1.56 bits per heavy atom. The summed E-state index contributed by atoms with van der Waals surface area (Å²) in [6.07, 6.45) is -6.70. The molecule has 3 N–H and O–H groups in total. The minimum absolute atomic E-state index is 1.14. The second-order valence-electron chi connectivity index (χ2n) is 0.980. The lowest BCUT2D eigenvalue weighted by Gasteiger charge is -2.04. The maximum absolute atomic E-state index is 11.0. The number of carbonyl (C=O) groups excluding carboxylic acids is 1. The third-order valence-electron chi connectivity index (χ3n) is 0.326. The Hall–Kier alpha value is -0.980. The van der Waals surface area contributed by atoms with Gasteiger partial charge in [0.25, 0.3) is 0 Å². The summed E-state index contributed by atoms with van der Waals surface area (Å²) >= 11 is 0. The van der Waals surface area contributed by atoms with Gasteiger partial charge in [0.1, 0.15) is 0 Å². The Bertz CT molecular complexity index is 111. The highest BCUT2D eigenvalue weighted by atomic mass is 19.4. The molecular weight excluding hydrogens is 141 g/mol. The molecule has 0 aliphatic heterocycles. The molecule has 9 heavy (non-hydrogen) atoms. The van der Waals surface area contributed by atoms with Crippen LogP contribution >= 0.6 is 0 Å². The van der Waals surface area contributed by atoms with Crippen LogP contribution in [0, 0.1) is 0 Å². The Morgan fingerprint density at radius 2 is 2.00 bits per heavy atom. The Labute approximate surface area is 47.7 Å². The molecule has 0 bridgehead atoms. The second kappa shape index (κ2) is 2.53. The van der Waals surface area contributed by atoms with E-state index < -0.39 is 12.5 Å². The fourth-order valence-corrected chi connectivity index (χ4v) is 0.135. The predicted octanol–water partition coefficient (Wildman–Crippen LogP) is 0.106. The molecule has 0 saturated carbocycles. The van der Waals surface area contributed by atoms with E-state index in [0.29, 0.717) is 0 Å². The molecule has 0 spiro atoms. The van der Waals surface area contributed by atoms with Gasteiger partial charge in [-0.1, -0.05) is 0 Å². The minimum atomic E-state index is -4.97. The van der Waals surface area contributed by atoms with Crippen molar-refractivity contribution in [2.45, 2.75) is 6.36 Å². The maximum atomic E-state index is 11.0. The molecule has 0 saturated heterocycles. The standard InChI is InChI=1S/C2H3F3N2O2/c3-2(4,5)9-1(8)7-6/h6H2,(H,7,8). The second-order valence-corrected chi connectivity index (χ2v) is 0.980. The highest BCUT2D eigenvalue weighted by molar-refractivity contribution is 5.66. The lowest BCUT2D eigenvalue weighted by molar-refractivity contribution is -0.291. The molecule has 7 heteroatoms. The Balaban J connectivity index is 3.60. The van der Waals surface area contributed by atoms with Crippen molar-refractivity contribution in [2.24, 2.45) is 5.84 Å². The predicted molar refractivity (Wildman–Crippen MR) is 19.9 cm³/mol. The molecule has 0 unspecified atom stereocenters. The van der Waals surface area contributed by atoms with E-state index in [1.165, 1.54) is 0 Å². The summed E-state index contributed by atoms with van der Waals surface area (Å²) in [6.45, 7) is 0. The van der Waals surface area contributed by atoms with Crippen LogP contribution in [0.3, 0.4) is 0 Å². The fourth-order valence-electron chi connectivity index (χ4n) is 0.135. The molecule has 0 aliphatic carbocycles. The van der Waals surface area contributed by atoms with Crippen LogP contribution in [0.15, 0.2) is 0 Å². The van der Waals surface area contributed by atoms with Gasteiger partial charge in [-0.3, -0.25) is 5.43 Å². The largest absolute Gasteiger partial charge is 0.576 e. The van der Waals surface area contributed by atoms with Crippen LogP contribution in [0.25, 0.3) is 0 Å². The van der Waals surface area contributed by atoms with Crippen molar-refractivity contribution in [3.05, 3.63) is 0 Å². The smallest absolute Gasteiger partial charge is 0.355 e. The number of hydrazine groups is 1. The fraction of sp³-hybridized carbons (Fsp3) is 0.500. The zero-order chi connectivity index (χ0) is 7.49. The van der Waals surface area contributed by atoms with Crippen molar-refractivity contribution in [1.29, 1.82) is 0 Å². The van der Waals surface area contributed by atoms with Crippen LogP contribution in [0.1, 0.15) is 0 Å². The first-order valence-electron chi connectivity index (χ1n) is 1.72. The van der Waals surface area contributed by atoms with Gasteiger partial charge >= 0.3 is 12.5 Å². The number of amides is 1. The quantitative estimate of drug-likeness (QED) is 0.288. The molecule has 0 fully saturated rings. The maximum Gasteiger partial charge on any atom is 0.576 e. The van der Waals surface area contributed by atoms with Gasteiger partial charge in [0.15, 0.2) is 0 Å². The van der Waals surface area contributed by atoms with Crippen molar-refractivity contribution >= 4 is 6.09 Å². The van der Waals surface area contributed by atoms with Crippen LogP contribution in [0.2, 0.25) is 0 Å². The number of hydrogen-bond donors (Lipinski definition) is 2. The number of nitrogens with one attached hydrogen (secondary N) is 1. The van der Waals surface area contributed by atoms with E-state index in [4.69, 9.17) is 0 Å². The van der Waals surface area contributed by atoms with Gasteiger partial charge < -0.3 is 4.74 Å². The van der Waals surface area contributed by atoms with E-state index in [-0.39, 0.29) is 0 Å². The average molecular weight is 144 g/mol. The first-order chi connectivity index (χ1) is 3.95. The molecule has 0 atom stereocenters. The first-order valence-corrected chi connectivity index (χ1v) is 1.72. The zero-order valence-electron chi connectivity index (χ0n) is 4.03. The summed E-state index contributed by atoms with van der Waals surface area (Å²) in [6, 6.07) is 0. The number of carbonyl (C=O) groups is 1. The summed E-state index contributed by atoms with van der Waals surface area (Å²) in [4.78, 5) is 9.65. The van der Waals surface area contributed by atoms with E-state index in [1.54, 1.807) is 0 Å². The average Bonchev–Trinajstić information content (AvgIpc) is 1.62. The topological polar surface area (TPSA) is 64.3 Å². The van der Waals surface area contributed by atoms with Crippen molar-refractivity contribution in [1.82, 2.24) is 5.43 Å². The van der Waals surface area contributed by atoms with Gasteiger partial charge in [0.2, 0.25) is 0 Å². The number of rotatable bonds is 0. The van der Waals surface area contributed by atoms with Gasteiger partial charge in [-0.15, -0.1) is 13.2 Å². The number of alkyl halides is 3. The summed E-state index contributed by atoms with van der Waals surface area (Å²) in [5.74, 6) is 4.25. The number of nitrogens with two attached hydrogens (primary N) is 1. The summed E-state index contributed by atoms with van der Waals surface area (Å²) in [5.41, 5.74) is 1.14. The van der Waals surface area contributed by atoms with Crippen molar-refractivity contribution in [3.8, 4) is 0 Å². The van der Waals surface area contributed by atoms with Gasteiger partial charge in [0, 0.05) is 0 Å². The van der Waals surface area contributed by atoms with Gasteiger partial charge in [-0.2, -0.15) is 0 Å². The summed E-state index contributed by atoms with van der Waals surface area (Å²) in [7, 11) is 0. The normalized spacial score (nSPS) is 10.7. The van der Waals surface area contributed by atoms with Gasteiger partial charge in [0.05, 0.1) is 0 Å². The monoisotopic (exact) mass is 144 g/mol. The number of halogens is 3. The summed E-state index contributed by atoms with van der Waals surface area (Å²) in [5, 5.41) is 0. The van der Waals surface area contributed by atoms with Gasteiger partial charge in [-0.05, 0) is 0 Å². The van der Waals surface area contributed by atoms with Crippen LogP contribution in [-0.2, 0) is 4.74 Å². The third kappa shape index (κ3) is 4.88. The van der Waals surface area contributed by atoms with Crippen LogP contribution < -0.4 is 11.3 Å². The molecule has 0 heterocycles. The van der Waals surface area contributed by atoms with Crippen molar-refractivity contribution < 1.29 is 22.7 Å². The van der Waals surface area contributed by atoms with Gasteiger partial charge in [-0.25, -0.2) is 10.6 Å². The molecule has 1 amide bonds. The SMILES string of the molecule is NNC(=O)OC(F)(F)F. The van der Waals surface area contributed by atoms with Crippen LogP contribution in [-0.4, -0.2) is 12.5 Å². The molecule has 54 valence electrons. The first kappa shape index (κ1) is 8.02. The molecule has 0 radical (unpaired) electrons. The summed E-state index contributed by atoms with van der Waals surface area (Å²) < 4.78 is 35.6. The van der Waals surface area contributed by atoms with E-state index in [2.05, 4.69) is 10.6 Å². The number of ether oxygens (including phenoxy) is 1. The van der Waals surface area contributed by atoms with Crippen molar-refractivity contribution in [3.63, 3.8) is 0 Å². The zero-order valence-corrected chi connectivity index (χ0v) is 4.03. The van der Waals surface area contributed by atoms with Crippen molar-refractivity contribution in [2.75, 3.05) is 0 Å². The Morgan fingerprint density at radius 3 is 2.11 bits per heavy atom. The molecular formula is C2H3F3N2O2. The highest BCUT2D eigenvalue weighted by Crippen LogP contribution is 2.15. The molecule has 0 aliphatic rings. The minimum Gasteiger partial charge on any atom is -0.355 e. The Kier molecular flexibility index (Phi) is 2.26. The van der Waals surface area contributed by atoms with E-state index in [0.717, 1.165) is 5.43 Å². The lowest BCUT2D eigenvalue weighted by atomic mass is 11.1. The molecule has 4 nitrogen and oxygen atoms in total. The molecule has 0 aromatic rings. The van der Waals surface area contributed by atoms with Crippen LogP contribution in [0.5, 0.6) is 0 Å². The van der Waals surface area contributed by atoms with E-state index in [1.807, 2.05) is 0 Å². The van der Waals surface area contributed by atoms with Crippen LogP contribution in [0.4, 0.5) is 18.0 Å². The highest BCUT2D eigenvalue weighted by Gasteiger charge is 2.33. The number of hydrogen-bond acceptors (Lipinski definition) is 3. The van der Waals surface area contributed by atoms with E-state index in [9.17, 15) is 18.0 Å². The lowest BCUT2D eigenvalue weighted by Crippen LogP contribution is -2.34. The molecule has 0 aromatic heterocycles. The third-order valence-corrected chi connectivity index (χ3v) is 0.326. The molecule has 0 aromatic carbocycles.